The summed E-state index contributed by atoms with van der Waals surface area (Å²) in [5, 5.41) is 9.77. The maximum atomic E-state index is 11.5. The fourth-order valence-corrected chi connectivity index (χ4v) is 4.40. The topological polar surface area (TPSA) is 71.1 Å². The number of sulfone groups is 1. The number of rotatable bonds is 6. The van der Waals surface area contributed by atoms with E-state index in [0.717, 1.165) is 24.5 Å². The third kappa shape index (κ3) is 4.83. The van der Waals surface area contributed by atoms with Crippen LogP contribution in [0.25, 0.3) is 0 Å². The van der Waals surface area contributed by atoms with Crippen LogP contribution in [0.3, 0.4) is 0 Å². The van der Waals surface area contributed by atoms with Gasteiger partial charge in [0.25, 0.3) is 0 Å². The van der Waals surface area contributed by atoms with Crippen LogP contribution in [-0.4, -0.2) is 50.6 Å². The molecule has 1 aromatic rings. The van der Waals surface area contributed by atoms with E-state index in [1.54, 1.807) is 11.3 Å². The van der Waals surface area contributed by atoms with E-state index in [1.807, 2.05) is 11.6 Å². The van der Waals surface area contributed by atoms with Gasteiger partial charge in [0.05, 0.1) is 16.5 Å². The molecule has 2 heterocycles. The summed E-state index contributed by atoms with van der Waals surface area (Å²) >= 11 is 1.67. The first-order valence-electron chi connectivity index (χ1n) is 6.61. The molecule has 108 valence electrons. The van der Waals surface area contributed by atoms with Crippen LogP contribution in [0.15, 0.2) is 11.6 Å². The lowest BCUT2D eigenvalue weighted by Gasteiger charge is -2.23. The SMILES string of the molecule is CC(CNCCC1CS(=O)(=O)CCN1)c1nccs1. The summed E-state index contributed by atoms with van der Waals surface area (Å²) in [7, 11) is -2.82. The molecule has 0 bridgehead atoms. The fraction of sp³-hybridized carbons (Fsp3) is 0.750. The van der Waals surface area contributed by atoms with Gasteiger partial charge in [-0.05, 0) is 13.0 Å². The summed E-state index contributed by atoms with van der Waals surface area (Å²) in [6, 6.07) is 0.0985. The molecule has 1 fully saturated rings. The van der Waals surface area contributed by atoms with E-state index in [9.17, 15) is 8.42 Å². The van der Waals surface area contributed by atoms with Crippen LogP contribution in [0.1, 0.15) is 24.3 Å². The monoisotopic (exact) mass is 303 g/mol. The van der Waals surface area contributed by atoms with Gasteiger partial charge >= 0.3 is 0 Å². The first-order valence-corrected chi connectivity index (χ1v) is 9.31. The molecule has 0 aromatic carbocycles. The molecule has 1 aliphatic rings. The van der Waals surface area contributed by atoms with Crippen LogP contribution < -0.4 is 10.6 Å². The highest BCUT2D eigenvalue weighted by Crippen LogP contribution is 2.16. The lowest BCUT2D eigenvalue weighted by Crippen LogP contribution is -2.46. The molecule has 1 aromatic heterocycles. The van der Waals surface area contributed by atoms with Crippen molar-refractivity contribution in [3.63, 3.8) is 0 Å². The molecule has 19 heavy (non-hydrogen) atoms. The molecule has 0 radical (unpaired) electrons. The molecule has 0 saturated carbocycles. The molecule has 2 atom stereocenters. The van der Waals surface area contributed by atoms with Crippen LogP contribution in [0.4, 0.5) is 0 Å². The zero-order chi connectivity index (χ0) is 13.7. The number of aromatic nitrogens is 1. The molecule has 2 rings (SSSR count). The minimum atomic E-state index is -2.82. The number of thiazole rings is 1. The van der Waals surface area contributed by atoms with Gasteiger partial charge in [-0.1, -0.05) is 6.92 Å². The molecule has 0 spiro atoms. The largest absolute Gasteiger partial charge is 0.316 e. The summed E-state index contributed by atoms with van der Waals surface area (Å²) in [5.74, 6) is 0.956. The lowest BCUT2D eigenvalue weighted by molar-refractivity contribution is 0.474. The molecule has 2 N–H and O–H groups in total. The average Bonchev–Trinajstić information content (AvgIpc) is 2.87. The first kappa shape index (κ1) is 14.9. The first-order chi connectivity index (χ1) is 9.07. The van der Waals surface area contributed by atoms with Gasteiger partial charge in [-0.3, -0.25) is 0 Å². The fourth-order valence-electron chi connectivity index (χ4n) is 2.21. The molecule has 0 aliphatic carbocycles. The second-order valence-corrected chi connectivity index (χ2v) is 8.18. The quantitative estimate of drug-likeness (QED) is 0.754. The van der Waals surface area contributed by atoms with E-state index in [0.29, 0.717) is 12.5 Å². The Balaban J connectivity index is 1.64. The van der Waals surface area contributed by atoms with Gasteiger partial charge in [0, 0.05) is 36.6 Å². The van der Waals surface area contributed by atoms with Gasteiger partial charge in [0.2, 0.25) is 0 Å². The summed E-state index contributed by atoms with van der Waals surface area (Å²) in [6.07, 6.45) is 2.68. The van der Waals surface area contributed by atoms with Crippen molar-refractivity contribution < 1.29 is 8.42 Å². The smallest absolute Gasteiger partial charge is 0.153 e. The normalized spacial score (nSPS) is 24.2. The number of nitrogens with zero attached hydrogens (tertiary/aromatic N) is 1. The maximum Gasteiger partial charge on any atom is 0.153 e. The highest BCUT2D eigenvalue weighted by Gasteiger charge is 2.23. The Morgan fingerprint density at radius 1 is 1.63 bits per heavy atom. The molecular weight excluding hydrogens is 282 g/mol. The average molecular weight is 303 g/mol. The van der Waals surface area contributed by atoms with Gasteiger partial charge < -0.3 is 10.6 Å². The molecular formula is C12H21N3O2S2. The molecule has 1 saturated heterocycles. The Bertz CT molecular complexity index is 473. The number of hydrogen-bond acceptors (Lipinski definition) is 6. The molecule has 0 amide bonds. The third-order valence-electron chi connectivity index (χ3n) is 3.29. The van der Waals surface area contributed by atoms with E-state index in [4.69, 9.17) is 0 Å². The molecule has 2 unspecified atom stereocenters. The second kappa shape index (κ2) is 6.78. The second-order valence-electron chi connectivity index (χ2n) is 5.03. The van der Waals surface area contributed by atoms with E-state index >= 15 is 0 Å². The zero-order valence-electron chi connectivity index (χ0n) is 11.1. The van der Waals surface area contributed by atoms with Crippen LogP contribution >= 0.6 is 11.3 Å². The van der Waals surface area contributed by atoms with Crippen molar-refractivity contribution in [2.75, 3.05) is 31.1 Å². The third-order valence-corrected chi connectivity index (χ3v) is 6.04. The van der Waals surface area contributed by atoms with Crippen molar-refractivity contribution in [3.8, 4) is 0 Å². The van der Waals surface area contributed by atoms with E-state index in [2.05, 4.69) is 22.5 Å². The minimum absolute atomic E-state index is 0.0985. The lowest BCUT2D eigenvalue weighted by atomic mass is 10.2. The van der Waals surface area contributed by atoms with Crippen LogP contribution in [0.5, 0.6) is 0 Å². The van der Waals surface area contributed by atoms with Crippen molar-refractivity contribution >= 4 is 21.2 Å². The van der Waals surface area contributed by atoms with Crippen LogP contribution in [0.2, 0.25) is 0 Å². The van der Waals surface area contributed by atoms with Crippen molar-refractivity contribution in [3.05, 3.63) is 16.6 Å². The van der Waals surface area contributed by atoms with E-state index in [1.165, 1.54) is 0 Å². The predicted molar refractivity (Wildman–Crippen MR) is 78.5 cm³/mol. The van der Waals surface area contributed by atoms with Gasteiger partial charge in [0.15, 0.2) is 9.84 Å². The number of hydrogen-bond donors (Lipinski definition) is 2. The Morgan fingerprint density at radius 2 is 2.47 bits per heavy atom. The Kier molecular flexibility index (Phi) is 5.32. The summed E-state index contributed by atoms with van der Waals surface area (Å²) in [5.41, 5.74) is 0. The standard InChI is InChI=1S/C12H21N3O2S2/c1-10(12-15-4-6-18-12)8-13-3-2-11-9-19(16,17)7-5-14-11/h4,6,10-11,13-14H,2-3,5,7-9H2,1H3. The highest BCUT2D eigenvalue weighted by molar-refractivity contribution is 7.91. The van der Waals surface area contributed by atoms with Gasteiger partial charge in [-0.25, -0.2) is 13.4 Å². The van der Waals surface area contributed by atoms with E-state index in [-0.39, 0.29) is 17.5 Å². The zero-order valence-corrected chi connectivity index (χ0v) is 12.8. The molecule has 1 aliphatic heterocycles. The Hall–Kier alpha value is -0.500. The van der Waals surface area contributed by atoms with Crippen molar-refractivity contribution in [1.29, 1.82) is 0 Å². The highest BCUT2D eigenvalue weighted by atomic mass is 32.2. The van der Waals surface area contributed by atoms with Crippen LogP contribution in [0, 0.1) is 0 Å². The van der Waals surface area contributed by atoms with Crippen molar-refractivity contribution in [1.82, 2.24) is 15.6 Å². The molecule has 7 heteroatoms. The Morgan fingerprint density at radius 3 is 3.16 bits per heavy atom. The summed E-state index contributed by atoms with van der Waals surface area (Å²) < 4.78 is 23.0. The van der Waals surface area contributed by atoms with Gasteiger partial charge in [-0.2, -0.15) is 0 Å². The summed E-state index contributed by atoms with van der Waals surface area (Å²) in [4.78, 5) is 4.29. The maximum absolute atomic E-state index is 11.5. The number of nitrogens with one attached hydrogen (secondary N) is 2. The van der Waals surface area contributed by atoms with Crippen molar-refractivity contribution in [2.45, 2.75) is 25.3 Å². The molecule has 5 nitrogen and oxygen atoms in total. The van der Waals surface area contributed by atoms with Gasteiger partial charge in [0.1, 0.15) is 0 Å². The van der Waals surface area contributed by atoms with E-state index < -0.39 is 9.84 Å². The minimum Gasteiger partial charge on any atom is -0.316 e. The van der Waals surface area contributed by atoms with Crippen molar-refractivity contribution in [2.24, 2.45) is 0 Å². The van der Waals surface area contributed by atoms with Gasteiger partial charge in [-0.15, -0.1) is 11.3 Å². The van der Waals surface area contributed by atoms with Crippen LogP contribution in [-0.2, 0) is 9.84 Å². The Labute approximate surface area is 118 Å². The predicted octanol–water partition coefficient (Wildman–Crippen LogP) is 0.613. The summed E-state index contributed by atoms with van der Waals surface area (Å²) in [6.45, 7) is 4.45.